The van der Waals surface area contributed by atoms with Gasteiger partial charge in [-0.1, -0.05) is 0 Å². The molecular weight excluding hydrogens is 356 g/mol. The van der Waals surface area contributed by atoms with Gasteiger partial charge in [0, 0.05) is 43.6 Å². The number of nitrogens with zero attached hydrogens (tertiary/aromatic N) is 7. The van der Waals surface area contributed by atoms with Gasteiger partial charge in [0.25, 0.3) is 0 Å². The number of carbonyl (C=O) groups excluding carboxylic acids is 1. The third kappa shape index (κ3) is 3.47. The van der Waals surface area contributed by atoms with Crippen LogP contribution in [0.15, 0.2) is 36.7 Å². The van der Waals surface area contributed by atoms with Gasteiger partial charge >= 0.3 is 6.03 Å². The molecule has 0 bridgehead atoms. The molecule has 2 amide bonds. The number of hydrogen-bond donors (Lipinski definition) is 1. The summed E-state index contributed by atoms with van der Waals surface area (Å²) >= 11 is 0. The summed E-state index contributed by atoms with van der Waals surface area (Å²) in [6, 6.07) is 7.72. The monoisotopic (exact) mass is 380 g/mol. The van der Waals surface area contributed by atoms with Crippen molar-refractivity contribution in [1.82, 2.24) is 35.0 Å². The predicted octanol–water partition coefficient (Wildman–Crippen LogP) is 1.81. The van der Waals surface area contributed by atoms with Gasteiger partial charge in [-0.2, -0.15) is 4.52 Å². The second-order valence-electron chi connectivity index (χ2n) is 8.08. The molecule has 0 atom stereocenters. The van der Waals surface area contributed by atoms with Crippen molar-refractivity contribution in [2.24, 2.45) is 0 Å². The van der Waals surface area contributed by atoms with Gasteiger partial charge in [0.15, 0.2) is 11.5 Å². The predicted molar refractivity (Wildman–Crippen MR) is 106 cm³/mol. The van der Waals surface area contributed by atoms with E-state index in [4.69, 9.17) is 5.10 Å². The van der Waals surface area contributed by atoms with Crippen LogP contribution < -0.4 is 10.2 Å². The van der Waals surface area contributed by atoms with Crippen molar-refractivity contribution in [3.05, 3.63) is 36.7 Å². The molecule has 1 aliphatic rings. The smallest absolute Gasteiger partial charge is 0.317 e. The van der Waals surface area contributed by atoms with Crippen molar-refractivity contribution in [3.63, 3.8) is 0 Å². The Hall–Kier alpha value is -3.23. The Bertz CT molecular complexity index is 988. The molecule has 3 aromatic heterocycles. The van der Waals surface area contributed by atoms with E-state index in [1.807, 2.05) is 52.1 Å². The van der Waals surface area contributed by atoms with Crippen molar-refractivity contribution >= 4 is 17.5 Å². The van der Waals surface area contributed by atoms with E-state index in [0.29, 0.717) is 11.5 Å². The second-order valence-corrected chi connectivity index (χ2v) is 8.08. The van der Waals surface area contributed by atoms with Crippen molar-refractivity contribution in [1.29, 1.82) is 0 Å². The number of aromatic nitrogens is 5. The average molecular weight is 380 g/mol. The minimum absolute atomic E-state index is 0.0572. The molecule has 4 rings (SSSR count). The molecule has 0 radical (unpaired) electrons. The van der Waals surface area contributed by atoms with Crippen LogP contribution in [0.1, 0.15) is 20.8 Å². The maximum absolute atomic E-state index is 12.3. The first kappa shape index (κ1) is 18.1. The van der Waals surface area contributed by atoms with Crippen LogP contribution in [-0.2, 0) is 0 Å². The standard InChI is InChI=1S/C19H24N8O/c1-19(2,3)21-18(28)25(4)14-11-26(12-14)16-8-7-15-22-23-17(27(15)24-16)13-6-5-9-20-10-13/h5-10,14H,11-12H2,1-4H3,(H,21,28). The molecule has 9 heteroatoms. The molecule has 146 valence electrons. The fraction of sp³-hybridized carbons (Fsp3) is 0.421. The van der Waals surface area contributed by atoms with Crippen molar-refractivity contribution < 1.29 is 4.79 Å². The van der Waals surface area contributed by atoms with Crippen LogP contribution in [0.2, 0.25) is 0 Å². The minimum atomic E-state index is -0.251. The lowest BCUT2D eigenvalue weighted by atomic mass is 10.1. The Morgan fingerprint density at radius 1 is 1.21 bits per heavy atom. The lowest BCUT2D eigenvalue weighted by molar-refractivity contribution is 0.170. The molecule has 0 aromatic carbocycles. The first-order chi connectivity index (χ1) is 13.3. The van der Waals surface area contributed by atoms with Gasteiger partial charge in [-0.25, -0.2) is 4.79 Å². The number of fused-ring (bicyclic) bond motifs is 1. The van der Waals surface area contributed by atoms with Gasteiger partial charge in [0.1, 0.15) is 5.82 Å². The first-order valence-corrected chi connectivity index (χ1v) is 9.24. The molecule has 0 unspecified atom stereocenters. The highest BCUT2D eigenvalue weighted by Crippen LogP contribution is 2.23. The Kier molecular flexibility index (Phi) is 4.37. The fourth-order valence-electron chi connectivity index (χ4n) is 3.09. The van der Waals surface area contributed by atoms with Crippen LogP contribution in [-0.4, -0.2) is 67.4 Å². The van der Waals surface area contributed by atoms with Gasteiger partial charge in [-0.05, 0) is 45.0 Å². The Labute approximate surface area is 163 Å². The minimum Gasteiger partial charge on any atom is -0.351 e. The van der Waals surface area contributed by atoms with Gasteiger partial charge in [0.2, 0.25) is 0 Å². The molecule has 0 spiro atoms. The van der Waals surface area contributed by atoms with Gasteiger partial charge in [-0.3, -0.25) is 4.98 Å². The quantitative estimate of drug-likeness (QED) is 0.745. The summed E-state index contributed by atoms with van der Waals surface area (Å²) in [5, 5.41) is 16.1. The summed E-state index contributed by atoms with van der Waals surface area (Å²) in [5.74, 6) is 1.49. The Morgan fingerprint density at radius 2 is 2.00 bits per heavy atom. The molecular formula is C19H24N8O. The zero-order valence-corrected chi connectivity index (χ0v) is 16.5. The molecule has 3 aromatic rings. The second kappa shape index (κ2) is 6.74. The number of amides is 2. The van der Waals surface area contributed by atoms with E-state index < -0.39 is 0 Å². The first-order valence-electron chi connectivity index (χ1n) is 9.24. The lowest BCUT2D eigenvalue weighted by Gasteiger charge is -2.44. The molecule has 1 saturated heterocycles. The van der Waals surface area contributed by atoms with Gasteiger partial charge in [0.05, 0.1) is 6.04 Å². The van der Waals surface area contributed by atoms with Crippen LogP contribution in [0.3, 0.4) is 0 Å². The van der Waals surface area contributed by atoms with E-state index in [0.717, 1.165) is 24.5 Å². The van der Waals surface area contributed by atoms with Crippen molar-refractivity contribution in [3.8, 4) is 11.4 Å². The number of pyridine rings is 1. The maximum Gasteiger partial charge on any atom is 0.317 e. The number of nitrogens with one attached hydrogen (secondary N) is 1. The largest absolute Gasteiger partial charge is 0.351 e. The van der Waals surface area contributed by atoms with E-state index in [9.17, 15) is 4.79 Å². The number of hydrogen-bond acceptors (Lipinski definition) is 6. The number of carbonyl (C=O) groups is 1. The number of likely N-dealkylation sites (N-methyl/N-ethyl adjacent to an activating group) is 1. The van der Waals surface area contributed by atoms with Crippen LogP contribution in [0.5, 0.6) is 0 Å². The van der Waals surface area contributed by atoms with Crippen LogP contribution >= 0.6 is 0 Å². The summed E-state index contributed by atoms with van der Waals surface area (Å²) < 4.78 is 1.73. The highest BCUT2D eigenvalue weighted by Gasteiger charge is 2.34. The number of anilines is 1. The topological polar surface area (TPSA) is 91.5 Å². The highest BCUT2D eigenvalue weighted by molar-refractivity contribution is 5.75. The molecule has 0 saturated carbocycles. The van der Waals surface area contributed by atoms with Crippen LogP contribution in [0.25, 0.3) is 17.0 Å². The summed E-state index contributed by atoms with van der Waals surface area (Å²) in [6.07, 6.45) is 3.46. The lowest BCUT2D eigenvalue weighted by Crippen LogP contribution is -2.62. The molecule has 28 heavy (non-hydrogen) atoms. The Morgan fingerprint density at radius 3 is 2.68 bits per heavy atom. The molecule has 1 aliphatic heterocycles. The normalized spacial score (nSPS) is 14.8. The summed E-state index contributed by atoms with van der Waals surface area (Å²) in [5.41, 5.74) is 1.29. The SMILES string of the molecule is CN(C(=O)NC(C)(C)C)C1CN(c2ccc3nnc(-c4cccnc4)n3n2)C1. The molecule has 0 aliphatic carbocycles. The van der Waals surface area contributed by atoms with E-state index in [1.54, 1.807) is 21.8 Å². The van der Waals surface area contributed by atoms with E-state index in [2.05, 4.69) is 25.4 Å². The summed E-state index contributed by atoms with van der Waals surface area (Å²) in [6.45, 7) is 7.39. The summed E-state index contributed by atoms with van der Waals surface area (Å²) in [4.78, 5) is 20.4. The van der Waals surface area contributed by atoms with Crippen molar-refractivity contribution in [2.75, 3.05) is 25.0 Å². The molecule has 9 nitrogen and oxygen atoms in total. The fourth-order valence-corrected chi connectivity index (χ4v) is 3.09. The highest BCUT2D eigenvalue weighted by atomic mass is 16.2. The maximum atomic E-state index is 12.3. The van der Waals surface area contributed by atoms with Crippen molar-refractivity contribution in [2.45, 2.75) is 32.4 Å². The zero-order valence-electron chi connectivity index (χ0n) is 16.5. The molecule has 1 N–H and O–H groups in total. The average Bonchev–Trinajstić information content (AvgIpc) is 3.03. The Balaban J connectivity index is 1.49. The third-order valence-corrected chi connectivity index (χ3v) is 4.70. The molecule has 1 fully saturated rings. The zero-order chi connectivity index (χ0) is 19.9. The number of urea groups is 1. The van der Waals surface area contributed by atoms with E-state index >= 15 is 0 Å². The molecule has 4 heterocycles. The number of rotatable bonds is 3. The third-order valence-electron chi connectivity index (χ3n) is 4.70. The van der Waals surface area contributed by atoms with E-state index in [1.165, 1.54) is 0 Å². The van der Waals surface area contributed by atoms with Crippen LogP contribution in [0, 0.1) is 0 Å². The summed E-state index contributed by atoms with van der Waals surface area (Å²) in [7, 11) is 1.83. The van der Waals surface area contributed by atoms with Gasteiger partial charge in [-0.15, -0.1) is 15.3 Å². The van der Waals surface area contributed by atoms with Crippen LogP contribution in [0.4, 0.5) is 10.6 Å². The van der Waals surface area contributed by atoms with E-state index in [-0.39, 0.29) is 17.6 Å². The van der Waals surface area contributed by atoms with Gasteiger partial charge < -0.3 is 15.1 Å².